The lowest BCUT2D eigenvalue weighted by molar-refractivity contribution is -0.115. The molecule has 5 heteroatoms. The average molecular weight is 378 g/mol. The van der Waals surface area contributed by atoms with Gasteiger partial charge in [0.15, 0.2) is 5.17 Å². The molecular weight excluding hydrogens is 356 g/mol. The molecule has 2 aromatic carbocycles. The van der Waals surface area contributed by atoms with Gasteiger partial charge in [-0.1, -0.05) is 61.4 Å². The van der Waals surface area contributed by atoms with Crippen molar-refractivity contribution < 1.29 is 9.53 Å². The molecule has 1 saturated heterocycles. The number of aliphatic imine (C=N–C) groups is 1. The molecular formula is C22H22N2O2S. The van der Waals surface area contributed by atoms with E-state index in [0.29, 0.717) is 17.6 Å². The van der Waals surface area contributed by atoms with Gasteiger partial charge in [0.2, 0.25) is 0 Å². The maximum absolute atomic E-state index is 12.3. The average Bonchev–Trinajstić information content (AvgIpc) is 3.32. The first kappa shape index (κ1) is 17.9. The monoisotopic (exact) mass is 378 g/mol. The standard InChI is InChI=1S/C22H22N2O2S/c25-21-20(27-22(24-21)23-18-11-5-6-12-18)14-17-10-4-7-13-19(17)26-15-16-8-2-1-3-9-16/h1-4,7-10,13-14,18H,5-6,11-12,15H2,(H,23,24,25). The number of carbonyl (C=O) groups excluding carboxylic acids is 1. The Morgan fingerprint density at radius 1 is 1.07 bits per heavy atom. The van der Waals surface area contributed by atoms with Crippen LogP contribution in [-0.2, 0) is 11.4 Å². The number of benzene rings is 2. The van der Waals surface area contributed by atoms with Crippen LogP contribution in [0.5, 0.6) is 5.75 Å². The van der Waals surface area contributed by atoms with Crippen LogP contribution in [0.15, 0.2) is 64.5 Å². The number of nitrogens with one attached hydrogen (secondary N) is 1. The third-order valence-electron chi connectivity index (χ3n) is 4.72. The second-order valence-corrected chi connectivity index (χ2v) is 7.78. The van der Waals surface area contributed by atoms with Gasteiger partial charge in [-0.25, -0.2) is 0 Å². The second kappa shape index (κ2) is 8.44. The molecule has 0 bridgehead atoms. The Morgan fingerprint density at radius 3 is 2.63 bits per heavy atom. The van der Waals surface area contributed by atoms with E-state index in [-0.39, 0.29) is 5.91 Å². The second-order valence-electron chi connectivity index (χ2n) is 6.75. The predicted molar refractivity (Wildman–Crippen MR) is 111 cm³/mol. The topological polar surface area (TPSA) is 50.7 Å². The van der Waals surface area contributed by atoms with Crippen LogP contribution in [0.2, 0.25) is 0 Å². The summed E-state index contributed by atoms with van der Waals surface area (Å²) in [6.07, 6.45) is 6.59. The molecule has 4 nitrogen and oxygen atoms in total. The predicted octanol–water partition coefficient (Wildman–Crippen LogP) is 4.77. The zero-order valence-electron chi connectivity index (χ0n) is 15.1. The van der Waals surface area contributed by atoms with Gasteiger partial charge < -0.3 is 10.1 Å². The molecule has 0 spiro atoms. The van der Waals surface area contributed by atoms with E-state index in [1.54, 1.807) is 0 Å². The van der Waals surface area contributed by atoms with Gasteiger partial charge in [0, 0.05) is 5.56 Å². The van der Waals surface area contributed by atoms with Crippen molar-refractivity contribution in [2.75, 3.05) is 0 Å². The van der Waals surface area contributed by atoms with Crippen LogP contribution in [0.25, 0.3) is 6.08 Å². The minimum absolute atomic E-state index is 0.0883. The number of nitrogens with zero attached hydrogens (tertiary/aromatic N) is 1. The molecule has 1 aliphatic heterocycles. The van der Waals surface area contributed by atoms with Gasteiger partial charge in [-0.15, -0.1) is 0 Å². The maximum Gasteiger partial charge on any atom is 0.264 e. The Kier molecular flexibility index (Phi) is 5.58. The number of rotatable bonds is 5. The number of hydrogen-bond acceptors (Lipinski definition) is 4. The third kappa shape index (κ3) is 4.61. The summed E-state index contributed by atoms with van der Waals surface area (Å²) in [7, 11) is 0. The SMILES string of the molecule is O=C1NC(=NC2CCCC2)SC1=Cc1ccccc1OCc1ccccc1. The molecule has 2 aromatic rings. The van der Waals surface area contributed by atoms with Crippen molar-refractivity contribution in [3.05, 3.63) is 70.6 Å². The van der Waals surface area contributed by atoms with Crippen LogP contribution < -0.4 is 10.1 Å². The van der Waals surface area contributed by atoms with Crippen molar-refractivity contribution in [3.8, 4) is 5.75 Å². The minimum Gasteiger partial charge on any atom is -0.488 e. The Hall–Kier alpha value is -2.53. The number of thioether (sulfide) groups is 1. The number of amidine groups is 1. The lowest BCUT2D eigenvalue weighted by atomic mass is 10.2. The molecule has 1 amide bonds. The van der Waals surface area contributed by atoms with Crippen LogP contribution in [-0.4, -0.2) is 17.1 Å². The quantitative estimate of drug-likeness (QED) is 0.763. The van der Waals surface area contributed by atoms with E-state index in [1.165, 1.54) is 24.6 Å². The van der Waals surface area contributed by atoms with Crippen molar-refractivity contribution in [2.45, 2.75) is 38.3 Å². The summed E-state index contributed by atoms with van der Waals surface area (Å²) in [6.45, 7) is 0.495. The summed E-state index contributed by atoms with van der Waals surface area (Å²) in [4.78, 5) is 17.7. The molecule has 27 heavy (non-hydrogen) atoms. The molecule has 1 N–H and O–H groups in total. The van der Waals surface area contributed by atoms with E-state index in [9.17, 15) is 4.79 Å². The highest BCUT2D eigenvalue weighted by Gasteiger charge is 2.26. The summed E-state index contributed by atoms with van der Waals surface area (Å²) in [5.41, 5.74) is 2.01. The Bertz CT molecular complexity index is 871. The van der Waals surface area contributed by atoms with Crippen molar-refractivity contribution in [1.29, 1.82) is 0 Å². The molecule has 1 aliphatic carbocycles. The normalized spacial score (nSPS) is 20.4. The minimum atomic E-state index is -0.0883. The van der Waals surface area contributed by atoms with Gasteiger partial charge in [0.25, 0.3) is 5.91 Å². The van der Waals surface area contributed by atoms with E-state index in [2.05, 4.69) is 5.32 Å². The van der Waals surface area contributed by atoms with Gasteiger partial charge >= 0.3 is 0 Å². The Labute approximate surface area is 163 Å². The van der Waals surface area contributed by atoms with Crippen molar-refractivity contribution in [2.24, 2.45) is 4.99 Å². The zero-order chi connectivity index (χ0) is 18.5. The van der Waals surface area contributed by atoms with Crippen LogP contribution in [0.3, 0.4) is 0 Å². The molecule has 2 fully saturated rings. The third-order valence-corrected chi connectivity index (χ3v) is 5.64. The molecule has 0 atom stereocenters. The van der Waals surface area contributed by atoms with Gasteiger partial charge in [0.1, 0.15) is 12.4 Å². The first-order valence-electron chi connectivity index (χ1n) is 9.32. The molecule has 138 valence electrons. The molecule has 0 aromatic heterocycles. The smallest absolute Gasteiger partial charge is 0.264 e. The molecule has 4 rings (SSSR count). The summed E-state index contributed by atoms with van der Waals surface area (Å²) in [6, 6.07) is 18.2. The van der Waals surface area contributed by atoms with E-state index < -0.39 is 0 Å². The largest absolute Gasteiger partial charge is 0.488 e. The van der Waals surface area contributed by atoms with Crippen LogP contribution in [0.4, 0.5) is 0 Å². The number of para-hydroxylation sites is 1. The van der Waals surface area contributed by atoms with Gasteiger partial charge in [0.05, 0.1) is 10.9 Å². The molecule has 2 aliphatic rings. The van der Waals surface area contributed by atoms with Gasteiger partial charge in [-0.05, 0) is 42.3 Å². The van der Waals surface area contributed by atoms with Gasteiger partial charge in [-0.3, -0.25) is 9.79 Å². The highest BCUT2D eigenvalue weighted by atomic mass is 32.2. The molecule has 0 radical (unpaired) electrons. The van der Waals surface area contributed by atoms with Crippen LogP contribution >= 0.6 is 11.8 Å². The fraction of sp³-hybridized carbons (Fsp3) is 0.273. The summed E-state index contributed by atoms with van der Waals surface area (Å²) in [5.74, 6) is 0.679. The number of hydrogen-bond donors (Lipinski definition) is 1. The molecule has 1 heterocycles. The highest BCUT2D eigenvalue weighted by Crippen LogP contribution is 2.31. The Balaban J connectivity index is 1.49. The lowest BCUT2D eigenvalue weighted by Crippen LogP contribution is -2.21. The van der Waals surface area contributed by atoms with Crippen molar-refractivity contribution >= 4 is 28.9 Å². The van der Waals surface area contributed by atoms with E-state index in [0.717, 1.165) is 34.9 Å². The first-order valence-corrected chi connectivity index (χ1v) is 10.1. The maximum atomic E-state index is 12.3. The fourth-order valence-electron chi connectivity index (χ4n) is 3.30. The van der Waals surface area contributed by atoms with Gasteiger partial charge in [-0.2, -0.15) is 0 Å². The van der Waals surface area contributed by atoms with Crippen molar-refractivity contribution in [3.63, 3.8) is 0 Å². The van der Waals surface area contributed by atoms with E-state index in [1.807, 2.05) is 60.7 Å². The summed E-state index contributed by atoms with van der Waals surface area (Å²) < 4.78 is 5.99. The van der Waals surface area contributed by atoms with Crippen molar-refractivity contribution in [1.82, 2.24) is 5.32 Å². The summed E-state index contributed by atoms with van der Waals surface area (Å²) >= 11 is 1.42. The highest BCUT2D eigenvalue weighted by molar-refractivity contribution is 8.18. The zero-order valence-corrected chi connectivity index (χ0v) is 15.9. The Morgan fingerprint density at radius 2 is 1.81 bits per heavy atom. The van der Waals surface area contributed by atoms with Crippen LogP contribution in [0, 0.1) is 0 Å². The first-order chi connectivity index (χ1) is 13.3. The number of ether oxygens (including phenoxy) is 1. The summed E-state index contributed by atoms with van der Waals surface area (Å²) in [5, 5.41) is 3.62. The van der Waals surface area contributed by atoms with Crippen LogP contribution in [0.1, 0.15) is 36.8 Å². The molecule has 0 unspecified atom stereocenters. The number of amides is 1. The molecule has 1 saturated carbocycles. The van der Waals surface area contributed by atoms with E-state index in [4.69, 9.17) is 9.73 Å². The number of carbonyl (C=O) groups is 1. The lowest BCUT2D eigenvalue weighted by Gasteiger charge is -2.09. The fourth-order valence-corrected chi connectivity index (χ4v) is 4.18. The van der Waals surface area contributed by atoms with E-state index >= 15 is 0 Å².